The van der Waals surface area contributed by atoms with Gasteiger partial charge in [0.25, 0.3) is 0 Å². The van der Waals surface area contributed by atoms with Gasteiger partial charge in [0.1, 0.15) is 17.5 Å². The first-order chi connectivity index (χ1) is 9.08. The molecule has 0 spiro atoms. The van der Waals surface area contributed by atoms with Gasteiger partial charge in [-0.1, -0.05) is 20.8 Å². The predicted octanol–water partition coefficient (Wildman–Crippen LogP) is 3.33. The van der Waals surface area contributed by atoms with Crippen molar-refractivity contribution < 1.29 is 0 Å². The Morgan fingerprint density at radius 3 is 2.47 bits per heavy atom. The Kier molecular flexibility index (Phi) is 4.27. The third-order valence-corrected chi connectivity index (χ3v) is 3.61. The van der Waals surface area contributed by atoms with Crippen molar-refractivity contribution in [1.82, 2.24) is 9.97 Å². The van der Waals surface area contributed by atoms with E-state index in [0.29, 0.717) is 12.0 Å². The quantitative estimate of drug-likeness (QED) is 0.853. The average Bonchev–Trinajstić information content (AvgIpc) is 3.20. The smallest absolute Gasteiger partial charge is 0.137 e. The second kappa shape index (κ2) is 5.76. The SMILES string of the molecule is CCCN(c1nc(C(C)C)nc(NC)c1C)C1CC1. The lowest BCUT2D eigenvalue weighted by Gasteiger charge is -2.26. The summed E-state index contributed by atoms with van der Waals surface area (Å²) in [7, 11) is 1.94. The molecule has 1 aliphatic carbocycles. The summed E-state index contributed by atoms with van der Waals surface area (Å²) in [6.45, 7) is 9.73. The van der Waals surface area contributed by atoms with Crippen LogP contribution in [-0.4, -0.2) is 29.6 Å². The predicted molar refractivity (Wildman–Crippen MR) is 81.1 cm³/mol. The van der Waals surface area contributed by atoms with E-state index in [2.05, 4.69) is 42.9 Å². The molecule has 0 aliphatic heterocycles. The highest BCUT2D eigenvalue weighted by Gasteiger charge is 2.31. The molecule has 0 radical (unpaired) electrons. The number of nitrogens with zero attached hydrogens (tertiary/aromatic N) is 3. The van der Waals surface area contributed by atoms with Crippen LogP contribution >= 0.6 is 0 Å². The Hall–Kier alpha value is -1.32. The maximum atomic E-state index is 4.84. The number of anilines is 2. The molecule has 1 heterocycles. The lowest BCUT2D eigenvalue weighted by atomic mass is 10.2. The van der Waals surface area contributed by atoms with Crippen molar-refractivity contribution in [3.05, 3.63) is 11.4 Å². The molecule has 0 unspecified atom stereocenters. The molecule has 4 nitrogen and oxygen atoms in total. The van der Waals surface area contributed by atoms with Crippen molar-refractivity contribution in [3.63, 3.8) is 0 Å². The summed E-state index contributed by atoms with van der Waals surface area (Å²) < 4.78 is 0. The van der Waals surface area contributed by atoms with Crippen LogP contribution < -0.4 is 10.2 Å². The minimum Gasteiger partial charge on any atom is -0.373 e. The monoisotopic (exact) mass is 262 g/mol. The first-order valence-corrected chi connectivity index (χ1v) is 7.41. The fourth-order valence-corrected chi connectivity index (χ4v) is 2.39. The van der Waals surface area contributed by atoms with Gasteiger partial charge in [-0.3, -0.25) is 0 Å². The Labute approximate surface area is 116 Å². The van der Waals surface area contributed by atoms with Gasteiger partial charge in [-0.2, -0.15) is 0 Å². The van der Waals surface area contributed by atoms with Crippen LogP contribution in [0.3, 0.4) is 0 Å². The Balaban J connectivity index is 2.43. The molecule has 0 saturated heterocycles. The molecule has 4 heteroatoms. The van der Waals surface area contributed by atoms with Crippen LogP contribution in [0.15, 0.2) is 0 Å². The van der Waals surface area contributed by atoms with Gasteiger partial charge in [-0.05, 0) is 26.2 Å². The van der Waals surface area contributed by atoms with Gasteiger partial charge >= 0.3 is 0 Å². The van der Waals surface area contributed by atoms with Crippen LogP contribution in [0.4, 0.5) is 11.6 Å². The van der Waals surface area contributed by atoms with E-state index < -0.39 is 0 Å². The van der Waals surface area contributed by atoms with Gasteiger partial charge in [-0.25, -0.2) is 9.97 Å². The van der Waals surface area contributed by atoms with Crippen molar-refractivity contribution >= 4 is 11.6 Å². The van der Waals surface area contributed by atoms with E-state index in [-0.39, 0.29) is 0 Å². The Bertz CT molecular complexity index is 438. The van der Waals surface area contributed by atoms with E-state index in [1.165, 1.54) is 18.4 Å². The maximum absolute atomic E-state index is 4.84. The fraction of sp³-hybridized carbons (Fsp3) is 0.733. The van der Waals surface area contributed by atoms with Crippen LogP contribution in [0.5, 0.6) is 0 Å². The summed E-state index contributed by atoms with van der Waals surface area (Å²) in [6.07, 6.45) is 3.76. The summed E-state index contributed by atoms with van der Waals surface area (Å²) in [5, 5.41) is 3.21. The zero-order chi connectivity index (χ0) is 14.0. The topological polar surface area (TPSA) is 41.1 Å². The number of hydrogen-bond donors (Lipinski definition) is 1. The largest absolute Gasteiger partial charge is 0.373 e. The first-order valence-electron chi connectivity index (χ1n) is 7.41. The molecule has 1 saturated carbocycles. The third-order valence-electron chi connectivity index (χ3n) is 3.61. The van der Waals surface area contributed by atoms with Gasteiger partial charge in [-0.15, -0.1) is 0 Å². The lowest BCUT2D eigenvalue weighted by Crippen LogP contribution is -2.29. The minimum absolute atomic E-state index is 0.356. The van der Waals surface area contributed by atoms with E-state index in [1.54, 1.807) is 0 Å². The summed E-state index contributed by atoms with van der Waals surface area (Å²) in [5.74, 6) is 3.39. The van der Waals surface area contributed by atoms with Crippen molar-refractivity contribution in [2.24, 2.45) is 0 Å². The average molecular weight is 262 g/mol. The summed E-state index contributed by atoms with van der Waals surface area (Å²) in [4.78, 5) is 11.9. The zero-order valence-corrected chi connectivity index (χ0v) is 12.8. The second-order valence-electron chi connectivity index (χ2n) is 5.71. The number of aromatic nitrogens is 2. The highest BCUT2D eigenvalue weighted by atomic mass is 15.2. The first kappa shape index (κ1) is 14.1. The van der Waals surface area contributed by atoms with E-state index in [1.807, 2.05) is 7.05 Å². The van der Waals surface area contributed by atoms with Crippen molar-refractivity contribution in [3.8, 4) is 0 Å². The molecule has 0 aromatic carbocycles. The molecule has 1 aromatic heterocycles. The van der Waals surface area contributed by atoms with Gasteiger partial charge in [0, 0.05) is 31.1 Å². The summed E-state index contributed by atoms with van der Waals surface area (Å²) in [6, 6.07) is 0.693. The van der Waals surface area contributed by atoms with Gasteiger partial charge < -0.3 is 10.2 Å². The van der Waals surface area contributed by atoms with Crippen molar-refractivity contribution in [1.29, 1.82) is 0 Å². The Morgan fingerprint density at radius 1 is 1.32 bits per heavy atom. The van der Waals surface area contributed by atoms with Crippen LogP contribution in [0.2, 0.25) is 0 Å². The van der Waals surface area contributed by atoms with E-state index in [0.717, 1.165) is 30.4 Å². The number of hydrogen-bond acceptors (Lipinski definition) is 4. The number of rotatable bonds is 6. The summed E-state index contributed by atoms with van der Waals surface area (Å²) in [5.41, 5.74) is 1.17. The molecule has 2 rings (SSSR count). The highest BCUT2D eigenvalue weighted by Crippen LogP contribution is 2.34. The van der Waals surface area contributed by atoms with Crippen molar-refractivity contribution in [2.75, 3.05) is 23.8 Å². The Morgan fingerprint density at radius 2 is 2.00 bits per heavy atom. The van der Waals surface area contributed by atoms with E-state index >= 15 is 0 Å². The van der Waals surface area contributed by atoms with E-state index in [4.69, 9.17) is 4.98 Å². The molecule has 106 valence electrons. The molecular formula is C15H26N4. The van der Waals surface area contributed by atoms with Crippen LogP contribution in [0.1, 0.15) is 57.3 Å². The zero-order valence-electron chi connectivity index (χ0n) is 12.8. The van der Waals surface area contributed by atoms with Crippen LogP contribution in [0.25, 0.3) is 0 Å². The molecule has 19 heavy (non-hydrogen) atoms. The maximum Gasteiger partial charge on any atom is 0.137 e. The molecule has 1 fully saturated rings. The third kappa shape index (κ3) is 2.99. The minimum atomic E-state index is 0.356. The van der Waals surface area contributed by atoms with Gasteiger partial charge in [0.15, 0.2) is 0 Å². The van der Waals surface area contributed by atoms with Crippen LogP contribution in [-0.2, 0) is 0 Å². The molecule has 1 aromatic rings. The molecule has 1 aliphatic rings. The second-order valence-corrected chi connectivity index (χ2v) is 5.71. The van der Waals surface area contributed by atoms with Gasteiger partial charge in [0.05, 0.1) is 0 Å². The summed E-state index contributed by atoms with van der Waals surface area (Å²) >= 11 is 0. The standard InChI is InChI=1S/C15H26N4/c1-6-9-19(12-7-8-12)15-11(4)14(16-5)17-13(18-15)10(2)3/h10,12H,6-9H2,1-5H3,(H,16,17,18). The highest BCUT2D eigenvalue weighted by molar-refractivity contribution is 5.59. The number of nitrogens with one attached hydrogen (secondary N) is 1. The molecular weight excluding hydrogens is 236 g/mol. The van der Waals surface area contributed by atoms with Gasteiger partial charge in [0.2, 0.25) is 0 Å². The van der Waals surface area contributed by atoms with E-state index in [9.17, 15) is 0 Å². The normalized spacial score (nSPS) is 14.8. The molecule has 0 atom stereocenters. The fourth-order valence-electron chi connectivity index (χ4n) is 2.39. The molecule has 0 bridgehead atoms. The lowest BCUT2D eigenvalue weighted by molar-refractivity contribution is 0.719. The van der Waals surface area contributed by atoms with Crippen LogP contribution in [0, 0.1) is 6.92 Å². The van der Waals surface area contributed by atoms with Crippen molar-refractivity contribution in [2.45, 2.75) is 58.9 Å². The molecule has 1 N–H and O–H groups in total. The molecule has 0 amide bonds.